The first-order chi connectivity index (χ1) is 11.2. The molecular formula is C18H13N3OS. The topological polar surface area (TPSA) is 79.2 Å². The molecule has 0 aliphatic carbocycles. The minimum absolute atomic E-state index is 0.376. The van der Waals surface area contributed by atoms with Crippen LogP contribution in [0.1, 0.15) is 27.0 Å². The van der Waals surface area contributed by atoms with E-state index < -0.39 is 0 Å². The number of thioether (sulfide) groups is 1. The van der Waals surface area contributed by atoms with Crippen molar-refractivity contribution in [3.63, 3.8) is 0 Å². The zero-order valence-corrected chi connectivity index (χ0v) is 13.0. The van der Waals surface area contributed by atoms with E-state index in [9.17, 15) is 10.1 Å². The summed E-state index contributed by atoms with van der Waals surface area (Å²) >= 11 is 1.70. The zero-order valence-electron chi connectivity index (χ0n) is 12.2. The number of nitrogens with zero attached hydrogens (tertiary/aromatic N) is 2. The van der Waals surface area contributed by atoms with Gasteiger partial charge in [0.15, 0.2) is 0 Å². The average Bonchev–Trinajstić information content (AvgIpc) is 2.61. The molecule has 0 saturated heterocycles. The van der Waals surface area contributed by atoms with Gasteiger partial charge in [-0.2, -0.15) is 10.3 Å². The minimum atomic E-state index is -0.376. The van der Waals surface area contributed by atoms with Gasteiger partial charge in [-0.3, -0.25) is 4.79 Å². The van der Waals surface area contributed by atoms with E-state index in [1.54, 1.807) is 23.9 Å². The van der Waals surface area contributed by atoms with Crippen LogP contribution in [0, 0.1) is 11.3 Å². The van der Waals surface area contributed by atoms with Crippen molar-refractivity contribution in [2.45, 2.75) is 4.90 Å². The lowest BCUT2D eigenvalue weighted by molar-refractivity contribution is 0.100. The third-order valence-electron chi connectivity index (χ3n) is 3.57. The van der Waals surface area contributed by atoms with Crippen LogP contribution in [-0.4, -0.2) is 18.0 Å². The molecule has 23 heavy (non-hydrogen) atoms. The molecule has 0 aromatic heterocycles. The number of carbonyl (C=O) groups is 1. The monoisotopic (exact) mass is 319 g/mol. The van der Waals surface area contributed by atoms with Gasteiger partial charge in [0.25, 0.3) is 5.91 Å². The highest BCUT2D eigenvalue weighted by atomic mass is 32.2. The van der Waals surface area contributed by atoms with Gasteiger partial charge in [-0.25, -0.2) is 0 Å². The van der Waals surface area contributed by atoms with E-state index in [0.717, 1.165) is 33.7 Å². The fourth-order valence-electron chi connectivity index (χ4n) is 2.54. The molecule has 1 heterocycles. The Morgan fingerprint density at radius 2 is 2.09 bits per heavy atom. The molecule has 2 N–H and O–H groups in total. The number of fused-ring (bicyclic) bond motifs is 1. The van der Waals surface area contributed by atoms with Crippen molar-refractivity contribution in [1.29, 1.82) is 5.26 Å². The van der Waals surface area contributed by atoms with Crippen LogP contribution in [-0.2, 0) is 0 Å². The van der Waals surface area contributed by atoms with Gasteiger partial charge in [-0.1, -0.05) is 24.3 Å². The maximum atomic E-state index is 11.9. The summed E-state index contributed by atoms with van der Waals surface area (Å²) in [5, 5.41) is 9.34. The van der Waals surface area contributed by atoms with Crippen LogP contribution in [0.2, 0.25) is 0 Å². The van der Waals surface area contributed by atoms with Crippen LogP contribution in [0.3, 0.4) is 0 Å². The Morgan fingerprint density at radius 3 is 2.87 bits per heavy atom. The second kappa shape index (κ2) is 6.51. The van der Waals surface area contributed by atoms with Crippen LogP contribution < -0.4 is 5.73 Å². The molecule has 5 heteroatoms. The Kier molecular flexibility index (Phi) is 4.26. The first-order valence-electron chi connectivity index (χ1n) is 7.00. The standard InChI is InChI=1S/C18H13N3OS/c19-10-13-3-1-2-4-14(13)15-7-8-23-17-6-5-12(9-16(15)17)18(22)21-11-20/h1-7,9,11H,8H2,(H2,20,21,22). The van der Waals surface area contributed by atoms with Gasteiger partial charge in [0, 0.05) is 16.2 Å². The number of hydrogen-bond donors (Lipinski definition) is 1. The van der Waals surface area contributed by atoms with E-state index in [1.807, 2.05) is 30.3 Å². The SMILES string of the molecule is N#Cc1ccccc1C1=CCSc2ccc(C(=O)N=CN)cc21. The molecule has 3 rings (SSSR count). The van der Waals surface area contributed by atoms with Gasteiger partial charge in [0.1, 0.15) is 0 Å². The Labute approximate surface area is 138 Å². The number of carbonyl (C=O) groups excluding carboxylic acids is 1. The zero-order chi connectivity index (χ0) is 16.2. The first kappa shape index (κ1) is 15.1. The summed E-state index contributed by atoms with van der Waals surface area (Å²) in [6, 6.07) is 15.2. The van der Waals surface area contributed by atoms with Crippen LogP contribution in [0.4, 0.5) is 0 Å². The second-order valence-electron chi connectivity index (χ2n) is 4.88. The molecule has 0 atom stereocenters. The van der Waals surface area contributed by atoms with E-state index in [-0.39, 0.29) is 5.91 Å². The lowest BCUT2D eigenvalue weighted by atomic mass is 9.92. The van der Waals surface area contributed by atoms with Crippen molar-refractivity contribution < 1.29 is 4.79 Å². The number of nitrogens with two attached hydrogens (primary N) is 1. The van der Waals surface area contributed by atoms with Crippen molar-refractivity contribution in [3.8, 4) is 6.07 Å². The predicted octanol–water partition coefficient (Wildman–Crippen LogP) is 3.22. The minimum Gasteiger partial charge on any atom is -0.390 e. The highest BCUT2D eigenvalue weighted by molar-refractivity contribution is 7.99. The van der Waals surface area contributed by atoms with Gasteiger partial charge < -0.3 is 5.73 Å². The van der Waals surface area contributed by atoms with Gasteiger partial charge in [0.2, 0.25) is 0 Å². The summed E-state index contributed by atoms with van der Waals surface area (Å²) in [6.45, 7) is 0. The van der Waals surface area contributed by atoms with Crippen molar-refractivity contribution in [1.82, 2.24) is 0 Å². The lowest BCUT2D eigenvalue weighted by Crippen LogP contribution is -2.04. The quantitative estimate of drug-likeness (QED) is 0.681. The molecule has 0 bridgehead atoms. The van der Waals surface area contributed by atoms with E-state index in [1.165, 1.54) is 0 Å². The van der Waals surface area contributed by atoms with Gasteiger partial charge in [-0.05, 0) is 41.0 Å². The van der Waals surface area contributed by atoms with Crippen LogP contribution in [0.5, 0.6) is 0 Å². The first-order valence-corrected chi connectivity index (χ1v) is 7.98. The maximum absolute atomic E-state index is 11.9. The van der Waals surface area contributed by atoms with Crippen LogP contribution >= 0.6 is 11.8 Å². The summed E-state index contributed by atoms with van der Waals surface area (Å²) in [7, 11) is 0. The summed E-state index contributed by atoms with van der Waals surface area (Å²) in [5.41, 5.74) is 9.09. The Morgan fingerprint density at radius 1 is 1.26 bits per heavy atom. The van der Waals surface area contributed by atoms with Gasteiger partial charge in [0.05, 0.1) is 18.0 Å². The Bertz CT molecular complexity index is 878. The molecule has 1 aliphatic heterocycles. The van der Waals surface area contributed by atoms with Crippen molar-refractivity contribution in [2.24, 2.45) is 10.7 Å². The van der Waals surface area contributed by atoms with Crippen molar-refractivity contribution >= 4 is 29.6 Å². The summed E-state index contributed by atoms with van der Waals surface area (Å²) in [6.07, 6.45) is 3.09. The normalized spacial score (nSPS) is 13.3. The number of nitriles is 1. The summed E-state index contributed by atoms with van der Waals surface area (Å²) in [4.78, 5) is 16.6. The largest absolute Gasteiger partial charge is 0.390 e. The smallest absolute Gasteiger partial charge is 0.278 e. The van der Waals surface area contributed by atoms with Crippen molar-refractivity contribution in [3.05, 3.63) is 70.8 Å². The number of aliphatic imine (C=N–C) groups is 1. The third kappa shape index (κ3) is 2.89. The summed E-state index contributed by atoms with van der Waals surface area (Å²) in [5.74, 6) is 0.454. The molecule has 0 fully saturated rings. The fourth-order valence-corrected chi connectivity index (χ4v) is 3.46. The predicted molar refractivity (Wildman–Crippen MR) is 92.4 cm³/mol. The molecule has 2 aromatic rings. The Balaban J connectivity index is 2.13. The van der Waals surface area contributed by atoms with Crippen LogP contribution in [0.25, 0.3) is 5.57 Å². The summed E-state index contributed by atoms with van der Waals surface area (Å²) < 4.78 is 0. The molecule has 0 unspecified atom stereocenters. The molecule has 112 valence electrons. The lowest BCUT2D eigenvalue weighted by Gasteiger charge is -2.19. The Hall–Kier alpha value is -2.84. The molecule has 0 radical (unpaired) electrons. The van der Waals surface area contributed by atoms with Crippen LogP contribution in [0.15, 0.2) is 58.4 Å². The maximum Gasteiger partial charge on any atom is 0.278 e. The van der Waals surface area contributed by atoms with Gasteiger partial charge in [-0.15, -0.1) is 11.8 Å². The number of benzene rings is 2. The molecule has 0 saturated carbocycles. The molecule has 2 aromatic carbocycles. The third-order valence-corrected chi connectivity index (χ3v) is 4.57. The van der Waals surface area contributed by atoms with E-state index >= 15 is 0 Å². The van der Waals surface area contributed by atoms with E-state index in [2.05, 4.69) is 17.1 Å². The molecule has 4 nitrogen and oxygen atoms in total. The highest BCUT2D eigenvalue weighted by Gasteiger charge is 2.18. The highest BCUT2D eigenvalue weighted by Crippen LogP contribution is 2.38. The number of rotatable bonds is 2. The molecule has 0 spiro atoms. The van der Waals surface area contributed by atoms with Gasteiger partial charge >= 0.3 is 0 Å². The van der Waals surface area contributed by atoms with E-state index in [4.69, 9.17) is 5.73 Å². The number of amides is 1. The second-order valence-corrected chi connectivity index (χ2v) is 5.94. The van der Waals surface area contributed by atoms with E-state index in [0.29, 0.717) is 11.1 Å². The number of hydrogen-bond acceptors (Lipinski definition) is 3. The molecule has 1 amide bonds. The fraction of sp³-hybridized carbons (Fsp3) is 0.0556. The average molecular weight is 319 g/mol. The molecule has 1 aliphatic rings. The molecular weight excluding hydrogens is 306 g/mol. The van der Waals surface area contributed by atoms with Crippen molar-refractivity contribution in [2.75, 3.05) is 5.75 Å².